The van der Waals surface area contributed by atoms with Crippen molar-refractivity contribution in [3.8, 4) is 11.5 Å². The van der Waals surface area contributed by atoms with Crippen LogP contribution >= 0.6 is 11.3 Å². The van der Waals surface area contributed by atoms with Gasteiger partial charge in [0.25, 0.3) is 5.89 Å². The van der Waals surface area contributed by atoms with E-state index in [0.717, 1.165) is 41.7 Å². The first-order valence-corrected chi connectivity index (χ1v) is 9.48. The molecule has 4 heterocycles. The molecule has 26 heavy (non-hydrogen) atoms. The number of thiophene rings is 1. The Morgan fingerprint density at radius 2 is 2.12 bits per heavy atom. The van der Waals surface area contributed by atoms with E-state index in [1.54, 1.807) is 17.5 Å². The molecule has 6 nitrogen and oxygen atoms in total. The quantitative estimate of drug-likeness (QED) is 0.550. The Labute approximate surface area is 155 Å². The molecule has 7 heteroatoms. The molecule has 0 unspecified atom stereocenters. The number of rotatable bonds is 6. The summed E-state index contributed by atoms with van der Waals surface area (Å²) in [6, 6.07) is 8.25. The molecule has 0 atom stereocenters. The number of pyridine rings is 2. The lowest BCUT2D eigenvalue weighted by atomic mass is 10.1. The molecule has 4 rings (SSSR count). The number of aryl methyl sites for hydroxylation is 2. The minimum absolute atomic E-state index is 0.482. The maximum absolute atomic E-state index is 5.45. The predicted molar refractivity (Wildman–Crippen MR) is 103 cm³/mol. The molecule has 0 saturated heterocycles. The molecule has 0 aliphatic heterocycles. The monoisotopic (exact) mass is 365 g/mol. The molecule has 0 fully saturated rings. The fraction of sp³-hybridized carbons (Fsp3) is 0.263. The SMILES string of the molecule is CCc1noc(-c2cnc3nc(C)ccc3c2NCCc2cccs2)n1. The average Bonchev–Trinajstić information content (AvgIpc) is 3.33. The summed E-state index contributed by atoms with van der Waals surface area (Å²) < 4.78 is 5.45. The number of hydrogen-bond acceptors (Lipinski definition) is 7. The molecule has 0 radical (unpaired) electrons. The van der Waals surface area contributed by atoms with Gasteiger partial charge >= 0.3 is 0 Å². The summed E-state index contributed by atoms with van der Waals surface area (Å²) in [5.41, 5.74) is 3.39. The molecular weight excluding hydrogens is 346 g/mol. The highest BCUT2D eigenvalue weighted by Crippen LogP contribution is 2.32. The summed E-state index contributed by atoms with van der Waals surface area (Å²) >= 11 is 1.76. The molecule has 0 aliphatic carbocycles. The molecule has 0 aromatic carbocycles. The highest BCUT2D eigenvalue weighted by atomic mass is 32.1. The fourth-order valence-corrected chi connectivity index (χ4v) is 3.51. The van der Waals surface area contributed by atoms with E-state index in [4.69, 9.17) is 4.52 Å². The van der Waals surface area contributed by atoms with Gasteiger partial charge in [-0.2, -0.15) is 4.98 Å². The van der Waals surface area contributed by atoms with Crippen LogP contribution in [0, 0.1) is 6.92 Å². The van der Waals surface area contributed by atoms with E-state index >= 15 is 0 Å². The van der Waals surface area contributed by atoms with Crippen LogP contribution in [0.25, 0.3) is 22.5 Å². The Bertz CT molecular complexity index is 1030. The molecule has 1 N–H and O–H groups in total. The van der Waals surface area contributed by atoms with Gasteiger partial charge in [0.2, 0.25) is 0 Å². The lowest BCUT2D eigenvalue weighted by Crippen LogP contribution is -2.07. The number of aromatic nitrogens is 4. The van der Waals surface area contributed by atoms with E-state index < -0.39 is 0 Å². The number of hydrogen-bond donors (Lipinski definition) is 1. The van der Waals surface area contributed by atoms with Crippen LogP contribution in [-0.2, 0) is 12.8 Å². The van der Waals surface area contributed by atoms with Gasteiger partial charge in [0.05, 0.1) is 11.3 Å². The van der Waals surface area contributed by atoms with Gasteiger partial charge in [-0.3, -0.25) is 0 Å². The molecule has 132 valence electrons. The molecule has 0 spiro atoms. The zero-order valence-electron chi connectivity index (χ0n) is 14.7. The summed E-state index contributed by atoms with van der Waals surface area (Å²) in [6.07, 6.45) is 3.44. The van der Waals surface area contributed by atoms with Gasteiger partial charge < -0.3 is 9.84 Å². The van der Waals surface area contributed by atoms with Crippen molar-refractivity contribution >= 4 is 28.1 Å². The zero-order chi connectivity index (χ0) is 17.9. The van der Waals surface area contributed by atoms with Crippen LogP contribution in [-0.4, -0.2) is 26.7 Å². The second-order valence-corrected chi connectivity index (χ2v) is 7.03. The predicted octanol–water partition coefficient (Wildman–Crippen LogP) is 4.27. The minimum atomic E-state index is 0.482. The molecule has 4 aromatic heterocycles. The third-order valence-electron chi connectivity index (χ3n) is 4.14. The standard InChI is InChI=1S/C19H19N5OS/c1-3-16-23-19(25-24-16)15-11-21-18-14(7-6-12(2)22-18)17(15)20-9-8-13-5-4-10-26-13/h4-7,10-11H,3,8-9H2,1-2H3,(H,20,21,22). The van der Waals surface area contributed by atoms with Gasteiger partial charge in [-0.25, -0.2) is 9.97 Å². The topological polar surface area (TPSA) is 76.7 Å². The van der Waals surface area contributed by atoms with Crippen LogP contribution in [0.3, 0.4) is 0 Å². The second kappa shape index (κ2) is 7.21. The van der Waals surface area contributed by atoms with E-state index in [1.165, 1.54) is 4.88 Å². The van der Waals surface area contributed by atoms with Crippen molar-refractivity contribution in [3.63, 3.8) is 0 Å². The van der Waals surface area contributed by atoms with E-state index in [2.05, 4.69) is 42.9 Å². The Morgan fingerprint density at radius 3 is 2.88 bits per heavy atom. The zero-order valence-corrected chi connectivity index (χ0v) is 15.5. The largest absolute Gasteiger partial charge is 0.383 e. The molecule has 0 amide bonds. The molecule has 4 aromatic rings. The van der Waals surface area contributed by atoms with E-state index in [1.807, 2.05) is 26.0 Å². The molecule has 0 saturated carbocycles. The van der Waals surface area contributed by atoms with Crippen molar-refractivity contribution < 1.29 is 4.52 Å². The van der Waals surface area contributed by atoms with Crippen molar-refractivity contribution in [3.05, 3.63) is 52.2 Å². The first-order chi connectivity index (χ1) is 12.7. The number of anilines is 1. The number of fused-ring (bicyclic) bond motifs is 1. The summed E-state index contributed by atoms with van der Waals surface area (Å²) in [4.78, 5) is 14.8. The highest BCUT2D eigenvalue weighted by Gasteiger charge is 2.17. The van der Waals surface area contributed by atoms with Crippen molar-refractivity contribution in [1.82, 2.24) is 20.1 Å². The number of nitrogens with zero attached hydrogens (tertiary/aromatic N) is 4. The smallest absolute Gasteiger partial charge is 0.261 e. The van der Waals surface area contributed by atoms with Crippen molar-refractivity contribution in [1.29, 1.82) is 0 Å². The third-order valence-corrected chi connectivity index (χ3v) is 5.07. The maximum Gasteiger partial charge on any atom is 0.261 e. The van der Waals surface area contributed by atoms with Crippen LogP contribution in [0.4, 0.5) is 5.69 Å². The van der Waals surface area contributed by atoms with Crippen LogP contribution in [0.1, 0.15) is 23.3 Å². The van der Waals surface area contributed by atoms with Gasteiger partial charge in [0.1, 0.15) is 0 Å². The lowest BCUT2D eigenvalue weighted by Gasteiger charge is -2.12. The average molecular weight is 365 g/mol. The minimum Gasteiger partial charge on any atom is -0.383 e. The molecule has 0 aliphatic rings. The van der Waals surface area contributed by atoms with Crippen LogP contribution in [0.5, 0.6) is 0 Å². The first-order valence-electron chi connectivity index (χ1n) is 8.60. The summed E-state index contributed by atoms with van der Waals surface area (Å²) in [6.45, 7) is 4.76. The summed E-state index contributed by atoms with van der Waals surface area (Å²) in [5, 5.41) is 10.6. The lowest BCUT2D eigenvalue weighted by molar-refractivity contribution is 0.423. The Hall–Kier alpha value is -2.80. The van der Waals surface area contributed by atoms with Crippen LogP contribution < -0.4 is 5.32 Å². The van der Waals surface area contributed by atoms with Crippen molar-refractivity contribution in [2.24, 2.45) is 0 Å². The van der Waals surface area contributed by atoms with Gasteiger partial charge in [0, 0.05) is 35.1 Å². The summed E-state index contributed by atoms with van der Waals surface area (Å²) in [7, 11) is 0. The van der Waals surface area contributed by atoms with Gasteiger partial charge in [-0.05, 0) is 36.9 Å². The van der Waals surface area contributed by atoms with Crippen LogP contribution in [0.2, 0.25) is 0 Å². The van der Waals surface area contributed by atoms with E-state index in [9.17, 15) is 0 Å². The van der Waals surface area contributed by atoms with Crippen LogP contribution in [0.15, 0.2) is 40.4 Å². The first kappa shape index (κ1) is 16.7. The summed E-state index contributed by atoms with van der Waals surface area (Å²) in [5.74, 6) is 1.17. The van der Waals surface area contributed by atoms with E-state index in [-0.39, 0.29) is 0 Å². The number of nitrogens with one attached hydrogen (secondary N) is 1. The van der Waals surface area contributed by atoms with Gasteiger partial charge in [0.15, 0.2) is 11.5 Å². The molecular formula is C19H19N5OS. The maximum atomic E-state index is 5.45. The fourth-order valence-electron chi connectivity index (χ4n) is 2.80. The Balaban J connectivity index is 1.73. The third kappa shape index (κ3) is 3.30. The van der Waals surface area contributed by atoms with E-state index in [0.29, 0.717) is 17.4 Å². The van der Waals surface area contributed by atoms with Gasteiger partial charge in [-0.1, -0.05) is 18.1 Å². The Kier molecular flexibility index (Phi) is 4.62. The Morgan fingerprint density at radius 1 is 1.19 bits per heavy atom. The second-order valence-electron chi connectivity index (χ2n) is 6.00. The molecule has 0 bridgehead atoms. The van der Waals surface area contributed by atoms with Crippen molar-refractivity contribution in [2.75, 3.05) is 11.9 Å². The van der Waals surface area contributed by atoms with Gasteiger partial charge in [-0.15, -0.1) is 11.3 Å². The van der Waals surface area contributed by atoms with Crippen molar-refractivity contribution in [2.45, 2.75) is 26.7 Å². The normalized spacial score (nSPS) is 11.2. The highest BCUT2D eigenvalue weighted by molar-refractivity contribution is 7.09.